The van der Waals surface area contributed by atoms with Crippen molar-refractivity contribution in [2.45, 2.75) is 46.5 Å². The first-order chi connectivity index (χ1) is 19.2. The van der Waals surface area contributed by atoms with E-state index in [0.29, 0.717) is 18.0 Å². The van der Waals surface area contributed by atoms with E-state index >= 15 is 0 Å². The normalized spacial score (nSPS) is 17.9. The average Bonchev–Trinajstić information content (AvgIpc) is 2.93. The minimum Gasteiger partial charge on any atom is -0.511 e. The monoisotopic (exact) mass is 535 g/mol. The standard InChI is InChI=1S/C33H33N3O4/c1-6-25(35-36-32-23-13-8-7-11-21(23)22-12-9-10-14-26(22)34-32)30-27(37)17-24(29(31(30)38)33(39)40-5)28-19(3)15-18(2)16-20(28)4/h7-16,24,29,38H,6,17H2,1-5H3,(H,34,36)/t24-,29+/m1/s1. The van der Waals surface area contributed by atoms with Crippen LogP contribution in [0.3, 0.4) is 0 Å². The molecule has 4 aromatic rings. The highest BCUT2D eigenvalue weighted by atomic mass is 16.5. The molecule has 1 aliphatic rings. The summed E-state index contributed by atoms with van der Waals surface area (Å²) in [6, 6.07) is 19.8. The van der Waals surface area contributed by atoms with Crippen LogP contribution in [-0.2, 0) is 14.3 Å². The molecule has 0 fully saturated rings. The Morgan fingerprint density at radius 1 is 1.02 bits per heavy atom. The number of benzene rings is 3. The summed E-state index contributed by atoms with van der Waals surface area (Å²) < 4.78 is 5.12. The van der Waals surface area contributed by atoms with E-state index in [1.54, 1.807) is 0 Å². The number of para-hydroxylation sites is 1. The molecule has 0 bridgehead atoms. The number of allylic oxidation sites excluding steroid dienone is 1. The van der Waals surface area contributed by atoms with Crippen molar-refractivity contribution in [3.63, 3.8) is 0 Å². The Morgan fingerprint density at radius 2 is 1.65 bits per heavy atom. The number of aryl methyl sites for hydroxylation is 3. The maximum atomic E-state index is 13.6. The number of hydrogen-bond acceptors (Lipinski definition) is 7. The van der Waals surface area contributed by atoms with Gasteiger partial charge < -0.3 is 9.84 Å². The molecule has 5 rings (SSSR count). The number of aromatic nitrogens is 1. The number of hydrogen-bond donors (Lipinski definition) is 2. The molecule has 0 amide bonds. The van der Waals surface area contributed by atoms with E-state index in [4.69, 9.17) is 9.72 Å². The van der Waals surface area contributed by atoms with Crippen LogP contribution in [-0.4, -0.2) is 34.7 Å². The van der Waals surface area contributed by atoms with Gasteiger partial charge in [0.05, 0.1) is 23.9 Å². The fourth-order valence-corrected chi connectivity index (χ4v) is 6.09. The first kappa shape index (κ1) is 27.1. The first-order valence-electron chi connectivity index (χ1n) is 13.5. The van der Waals surface area contributed by atoms with Crippen LogP contribution in [0.5, 0.6) is 0 Å². The zero-order chi connectivity index (χ0) is 28.6. The Balaban J connectivity index is 1.60. The van der Waals surface area contributed by atoms with Crippen LogP contribution in [0.2, 0.25) is 0 Å². The molecule has 1 aromatic heterocycles. The third-order valence-electron chi connectivity index (χ3n) is 7.73. The van der Waals surface area contributed by atoms with Crippen molar-refractivity contribution >= 4 is 45.0 Å². The molecular weight excluding hydrogens is 502 g/mol. The predicted octanol–water partition coefficient (Wildman–Crippen LogP) is 6.85. The second-order valence-electron chi connectivity index (χ2n) is 10.4. The number of hydrazone groups is 1. The Bertz CT molecular complexity index is 1700. The number of aliphatic hydroxyl groups excluding tert-OH is 1. The lowest BCUT2D eigenvalue weighted by Crippen LogP contribution is -2.36. The van der Waals surface area contributed by atoms with Crippen LogP contribution in [0.1, 0.15) is 47.9 Å². The van der Waals surface area contributed by atoms with Crippen LogP contribution in [0.25, 0.3) is 21.7 Å². The summed E-state index contributed by atoms with van der Waals surface area (Å²) in [4.78, 5) is 31.5. The average molecular weight is 536 g/mol. The number of ketones is 1. The highest BCUT2D eigenvalue weighted by Gasteiger charge is 2.44. The molecule has 1 heterocycles. The number of pyridine rings is 1. The number of esters is 1. The van der Waals surface area contributed by atoms with Gasteiger partial charge in [0.1, 0.15) is 11.7 Å². The van der Waals surface area contributed by atoms with Crippen LogP contribution < -0.4 is 5.43 Å². The minimum absolute atomic E-state index is 0.0556. The van der Waals surface area contributed by atoms with E-state index in [2.05, 4.69) is 10.5 Å². The van der Waals surface area contributed by atoms with Gasteiger partial charge in [-0.3, -0.25) is 15.0 Å². The number of aliphatic hydroxyl groups is 1. The quantitative estimate of drug-likeness (QED) is 0.121. The molecule has 7 nitrogen and oxygen atoms in total. The third-order valence-corrected chi connectivity index (χ3v) is 7.73. The fraction of sp³-hybridized carbons (Fsp3) is 0.273. The lowest BCUT2D eigenvalue weighted by molar-refractivity contribution is -0.146. The van der Waals surface area contributed by atoms with Gasteiger partial charge in [-0.2, -0.15) is 5.10 Å². The maximum absolute atomic E-state index is 13.6. The molecule has 40 heavy (non-hydrogen) atoms. The zero-order valence-electron chi connectivity index (χ0n) is 23.4. The molecule has 0 saturated carbocycles. The number of rotatable bonds is 6. The molecule has 0 radical (unpaired) electrons. The second kappa shape index (κ2) is 10.9. The molecular formula is C33H33N3O4. The van der Waals surface area contributed by atoms with Gasteiger partial charge in [-0.15, -0.1) is 0 Å². The van der Waals surface area contributed by atoms with Crippen molar-refractivity contribution in [1.29, 1.82) is 0 Å². The van der Waals surface area contributed by atoms with E-state index < -0.39 is 17.8 Å². The number of carbonyl (C=O) groups is 2. The Morgan fingerprint density at radius 3 is 2.30 bits per heavy atom. The highest BCUT2D eigenvalue weighted by molar-refractivity contribution is 6.24. The summed E-state index contributed by atoms with van der Waals surface area (Å²) in [6.45, 7) is 7.80. The number of fused-ring (bicyclic) bond motifs is 3. The van der Waals surface area contributed by atoms with Crippen molar-refractivity contribution in [3.05, 3.63) is 94.2 Å². The summed E-state index contributed by atoms with van der Waals surface area (Å²) in [5.74, 6) is -2.17. The van der Waals surface area contributed by atoms with Crippen molar-refractivity contribution < 1.29 is 19.4 Å². The van der Waals surface area contributed by atoms with E-state index in [1.165, 1.54) is 7.11 Å². The Kier molecular flexibility index (Phi) is 7.39. The molecule has 7 heteroatoms. The highest BCUT2D eigenvalue weighted by Crippen LogP contribution is 2.43. The smallest absolute Gasteiger partial charge is 0.317 e. The van der Waals surface area contributed by atoms with Gasteiger partial charge in [0, 0.05) is 23.1 Å². The number of methoxy groups -OCH3 is 1. The van der Waals surface area contributed by atoms with E-state index in [0.717, 1.165) is 43.9 Å². The van der Waals surface area contributed by atoms with Crippen LogP contribution in [0.15, 0.2) is 77.1 Å². The summed E-state index contributed by atoms with van der Waals surface area (Å²) in [6.07, 6.45) is 0.408. The van der Waals surface area contributed by atoms with Gasteiger partial charge in [-0.05, 0) is 55.3 Å². The van der Waals surface area contributed by atoms with Gasteiger partial charge in [0.15, 0.2) is 11.6 Å². The van der Waals surface area contributed by atoms with Gasteiger partial charge in [-0.25, -0.2) is 4.98 Å². The van der Waals surface area contributed by atoms with Crippen LogP contribution in [0, 0.1) is 26.7 Å². The predicted molar refractivity (Wildman–Crippen MR) is 159 cm³/mol. The maximum Gasteiger partial charge on any atom is 0.317 e. The molecule has 0 saturated heterocycles. The number of anilines is 1. The second-order valence-corrected chi connectivity index (χ2v) is 10.4. The molecule has 2 atom stereocenters. The largest absolute Gasteiger partial charge is 0.511 e. The van der Waals surface area contributed by atoms with E-state index in [9.17, 15) is 14.7 Å². The van der Waals surface area contributed by atoms with Gasteiger partial charge in [0.2, 0.25) is 0 Å². The molecule has 0 spiro atoms. The van der Waals surface area contributed by atoms with Crippen molar-refractivity contribution in [2.24, 2.45) is 11.0 Å². The van der Waals surface area contributed by atoms with Gasteiger partial charge in [0.25, 0.3) is 0 Å². The summed E-state index contributed by atoms with van der Waals surface area (Å²) in [7, 11) is 1.30. The first-order valence-corrected chi connectivity index (χ1v) is 13.5. The minimum atomic E-state index is -1.02. The topological polar surface area (TPSA) is 101 Å². The molecule has 1 aliphatic carbocycles. The van der Waals surface area contributed by atoms with Crippen molar-refractivity contribution in [1.82, 2.24) is 4.98 Å². The fourth-order valence-electron chi connectivity index (χ4n) is 6.09. The number of Topliss-reactive ketones (excluding diaryl/α,β-unsaturated/α-hetero) is 1. The Hall–Kier alpha value is -4.52. The summed E-state index contributed by atoms with van der Waals surface area (Å²) in [5, 5.41) is 19.0. The molecule has 2 N–H and O–H groups in total. The van der Waals surface area contributed by atoms with Crippen LogP contribution >= 0.6 is 0 Å². The number of nitrogens with zero attached hydrogens (tertiary/aromatic N) is 2. The zero-order valence-corrected chi connectivity index (χ0v) is 23.4. The molecule has 3 aromatic carbocycles. The van der Waals surface area contributed by atoms with E-state index in [1.807, 2.05) is 88.4 Å². The van der Waals surface area contributed by atoms with Crippen molar-refractivity contribution in [2.75, 3.05) is 12.5 Å². The number of ether oxygens (including phenoxy) is 1. The SMILES string of the molecule is CCC(=NNc1nc2ccccc2c2ccccc12)C1=C(O)[C@@H](C(=O)OC)[C@@H](c2c(C)cc(C)cc2C)CC1=O. The lowest BCUT2D eigenvalue weighted by atomic mass is 9.71. The molecule has 204 valence electrons. The lowest BCUT2D eigenvalue weighted by Gasteiger charge is -2.32. The number of carbonyl (C=O) groups excluding carboxylic acids is 2. The van der Waals surface area contributed by atoms with Crippen LogP contribution in [0.4, 0.5) is 5.82 Å². The number of nitrogens with one attached hydrogen (secondary N) is 1. The van der Waals surface area contributed by atoms with Crippen molar-refractivity contribution in [3.8, 4) is 0 Å². The van der Waals surface area contributed by atoms with Gasteiger partial charge in [-0.1, -0.05) is 67.1 Å². The Labute approximate surface area is 233 Å². The molecule has 0 unspecified atom stereocenters. The third kappa shape index (κ3) is 4.72. The molecule has 0 aliphatic heterocycles. The van der Waals surface area contributed by atoms with E-state index in [-0.39, 0.29) is 23.5 Å². The van der Waals surface area contributed by atoms with Gasteiger partial charge >= 0.3 is 5.97 Å². The summed E-state index contributed by atoms with van der Waals surface area (Å²) >= 11 is 0. The summed E-state index contributed by atoms with van der Waals surface area (Å²) in [5.41, 5.74) is 8.21.